The van der Waals surface area contributed by atoms with E-state index in [0.29, 0.717) is 17.6 Å². The lowest BCUT2D eigenvalue weighted by Gasteiger charge is -2.07. The lowest BCUT2D eigenvalue weighted by Crippen LogP contribution is -2.08. The first-order valence-electron chi connectivity index (χ1n) is 8.07. The minimum absolute atomic E-state index is 0.282. The number of aromatic nitrogens is 1. The summed E-state index contributed by atoms with van der Waals surface area (Å²) in [5, 5.41) is 2.99. The van der Waals surface area contributed by atoms with Crippen LogP contribution in [0.3, 0.4) is 0 Å². The number of nitrogens with zero attached hydrogens (tertiary/aromatic N) is 1. The van der Waals surface area contributed by atoms with Crippen molar-refractivity contribution in [1.29, 1.82) is 0 Å². The molecule has 0 unspecified atom stereocenters. The Hall–Kier alpha value is -3.11. The number of benzene rings is 2. The molecule has 4 nitrogen and oxygen atoms in total. The first kappa shape index (κ1) is 17.7. The normalized spacial score (nSPS) is 10.7. The molecule has 5 heteroatoms. The fraction of sp³-hybridized carbons (Fsp3) is 0.0476. The predicted octanol–water partition coefficient (Wildman–Crippen LogP) is 4.97. The third-order valence-electron chi connectivity index (χ3n) is 3.50. The molecule has 0 saturated carbocycles. The highest BCUT2D eigenvalue weighted by atomic mass is 35.5. The van der Waals surface area contributed by atoms with Crippen molar-refractivity contribution in [3.05, 3.63) is 95.2 Å². The van der Waals surface area contributed by atoms with Gasteiger partial charge in [-0.25, -0.2) is 4.98 Å². The van der Waals surface area contributed by atoms with Gasteiger partial charge in [-0.15, -0.1) is 0 Å². The quantitative estimate of drug-likeness (QED) is 0.496. The molecular formula is C21H17ClN2O2. The Morgan fingerprint density at radius 2 is 1.85 bits per heavy atom. The zero-order valence-electron chi connectivity index (χ0n) is 13.9. The van der Waals surface area contributed by atoms with Crippen LogP contribution in [0.5, 0.6) is 5.75 Å². The first-order chi connectivity index (χ1) is 12.7. The van der Waals surface area contributed by atoms with Crippen LogP contribution in [-0.2, 0) is 11.4 Å². The summed E-state index contributed by atoms with van der Waals surface area (Å²) in [6.45, 7) is 0.495. The molecule has 3 aromatic rings. The number of hydrogen-bond acceptors (Lipinski definition) is 3. The SMILES string of the molecule is O=C(/C=C/c1cccc(OCc2ccccc2)c1)Nc1cccc(Cl)n1. The van der Waals surface area contributed by atoms with Crippen LogP contribution in [0.4, 0.5) is 5.82 Å². The Kier molecular flexibility index (Phi) is 6.01. The van der Waals surface area contributed by atoms with Gasteiger partial charge < -0.3 is 10.1 Å². The van der Waals surface area contributed by atoms with E-state index in [1.54, 1.807) is 24.3 Å². The lowest BCUT2D eigenvalue weighted by molar-refractivity contribution is -0.111. The largest absolute Gasteiger partial charge is 0.489 e. The summed E-state index contributed by atoms with van der Waals surface area (Å²) in [5.74, 6) is 0.871. The van der Waals surface area contributed by atoms with Crippen LogP contribution in [0.2, 0.25) is 5.15 Å². The second-order valence-corrected chi connectivity index (χ2v) is 5.90. The van der Waals surface area contributed by atoms with Crippen LogP contribution in [0.25, 0.3) is 6.08 Å². The van der Waals surface area contributed by atoms with Gasteiger partial charge in [0.25, 0.3) is 0 Å². The first-order valence-corrected chi connectivity index (χ1v) is 8.45. The Morgan fingerprint density at radius 3 is 2.65 bits per heavy atom. The van der Waals surface area contributed by atoms with E-state index in [1.807, 2.05) is 54.6 Å². The maximum absolute atomic E-state index is 12.0. The highest BCUT2D eigenvalue weighted by Crippen LogP contribution is 2.16. The Bertz CT molecular complexity index is 911. The molecule has 1 amide bonds. The van der Waals surface area contributed by atoms with E-state index in [2.05, 4.69) is 10.3 Å². The smallest absolute Gasteiger partial charge is 0.249 e. The molecule has 0 atom stereocenters. The summed E-state index contributed by atoms with van der Waals surface area (Å²) < 4.78 is 5.79. The summed E-state index contributed by atoms with van der Waals surface area (Å²) in [4.78, 5) is 16.0. The fourth-order valence-corrected chi connectivity index (χ4v) is 2.43. The molecule has 26 heavy (non-hydrogen) atoms. The molecule has 0 fully saturated rings. The second-order valence-electron chi connectivity index (χ2n) is 5.51. The van der Waals surface area contributed by atoms with Crippen molar-refractivity contribution in [3.63, 3.8) is 0 Å². The second kappa shape index (κ2) is 8.83. The number of pyridine rings is 1. The highest BCUT2D eigenvalue weighted by molar-refractivity contribution is 6.29. The van der Waals surface area contributed by atoms with Gasteiger partial charge in [0.15, 0.2) is 0 Å². The van der Waals surface area contributed by atoms with E-state index in [4.69, 9.17) is 16.3 Å². The van der Waals surface area contributed by atoms with Gasteiger partial charge in [0.2, 0.25) is 5.91 Å². The molecule has 3 rings (SSSR count). The number of carbonyl (C=O) groups is 1. The van der Waals surface area contributed by atoms with E-state index >= 15 is 0 Å². The highest BCUT2D eigenvalue weighted by Gasteiger charge is 2.01. The molecule has 0 radical (unpaired) electrons. The van der Waals surface area contributed by atoms with Crippen molar-refractivity contribution in [1.82, 2.24) is 4.98 Å². The Balaban J connectivity index is 1.59. The van der Waals surface area contributed by atoms with Gasteiger partial charge in [-0.2, -0.15) is 0 Å². The fourth-order valence-electron chi connectivity index (χ4n) is 2.27. The van der Waals surface area contributed by atoms with Crippen molar-refractivity contribution in [3.8, 4) is 5.75 Å². The minimum Gasteiger partial charge on any atom is -0.489 e. The molecule has 0 spiro atoms. The van der Waals surface area contributed by atoms with Crippen LogP contribution < -0.4 is 10.1 Å². The standard InChI is InChI=1S/C21H17ClN2O2/c22-19-10-5-11-20(23-19)24-21(25)13-12-16-8-4-9-18(14-16)26-15-17-6-2-1-3-7-17/h1-14H,15H2,(H,23,24,25)/b13-12+. The number of rotatable bonds is 6. The lowest BCUT2D eigenvalue weighted by atomic mass is 10.2. The van der Waals surface area contributed by atoms with Gasteiger partial charge in [-0.05, 0) is 41.5 Å². The number of ether oxygens (including phenoxy) is 1. The monoisotopic (exact) mass is 364 g/mol. The predicted molar refractivity (Wildman–Crippen MR) is 104 cm³/mol. The summed E-state index contributed by atoms with van der Waals surface area (Å²) in [6, 6.07) is 22.5. The summed E-state index contributed by atoms with van der Waals surface area (Å²) in [7, 11) is 0. The number of hydrogen-bond donors (Lipinski definition) is 1. The van der Waals surface area contributed by atoms with Crippen molar-refractivity contribution < 1.29 is 9.53 Å². The third-order valence-corrected chi connectivity index (χ3v) is 3.71. The van der Waals surface area contributed by atoms with Crippen LogP contribution in [0.1, 0.15) is 11.1 Å². The molecule has 0 aliphatic rings. The molecule has 1 N–H and O–H groups in total. The molecule has 0 saturated heterocycles. The summed E-state index contributed by atoms with van der Waals surface area (Å²) in [6.07, 6.45) is 3.16. The van der Waals surface area contributed by atoms with Crippen LogP contribution in [0.15, 0.2) is 78.9 Å². The van der Waals surface area contributed by atoms with Crippen molar-refractivity contribution in [2.75, 3.05) is 5.32 Å². The van der Waals surface area contributed by atoms with Crippen LogP contribution >= 0.6 is 11.6 Å². The molecule has 0 aliphatic heterocycles. The zero-order chi connectivity index (χ0) is 18.2. The van der Waals surface area contributed by atoms with Crippen molar-refractivity contribution in [2.45, 2.75) is 6.61 Å². The number of halogens is 1. The third kappa shape index (κ3) is 5.46. The maximum atomic E-state index is 12.0. The molecule has 1 aromatic heterocycles. The molecule has 130 valence electrons. The van der Waals surface area contributed by atoms with Gasteiger partial charge >= 0.3 is 0 Å². The molecular weight excluding hydrogens is 348 g/mol. The van der Waals surface area contributed by atoms with E-state index in [1.165, 1.54) is 6.08 Å². The maximum Gasteiger partial charge on any atom is 0.249 e. The van der Waals surface area contributed by atoms with Crippen molar-refractivity contribution >= 4 is 29.4 Å². The Morgan fingerprint density at radius 1 is 1.04 bits per heavy atom. The Labute approximate surface area is 157 Å². The van der Waals surface area contributed by atoms with Gasteiger partial charge in [0.1, 0.15) is 23.3 Å². The summed E-state index contributed by atoms with van der Waals surface area (Å²) in [5.41, 5.74) is 1.96. The number of carbonyl (C=O) groups excluding carboxylic acids is 1. The number of nitrogens with one attached hydrogen (secondary N) is 1. The van der Waals surface area contributed by atoms with Crippen LogP contribution in [-0.4, -0.2) is 10.9 Å². The topological polar surface area (TPSA) is 51.2 Å². The van der Waals surface area contributed by atoms with Gasteiger partial charge in [0.05, 0.1) is 0 Å². The number of amides is 1. The van der Waals surface area contributed by atoms with Gasteiger partial charge in [-0.3, -0.25) is 4.79 Å². The molecule has 2 aromatic carbocycles. The van der Waals surface area contributed by atoms with Crippen LogP contribution in [0, 0.1) is 0 Å². The van der Waals surface area contributed by atoms with Crippen molar-refractivity contribution in [2.24, 2.45) is 0 Å². The average molecular weight is 365 g/mol. The van der Waals surface area contributed by atoms with E-state index < -0.39 is 0 Å². The van der Waals surface area contributed by atoms with E-state index in [9.17, 15) is 4.79 Å². The molecule has 0 bridgehead atoms. The minimum atomic E-state index is -0.282. The zero-order valence-corrected chi connectivity index (χ0v) is 14.7. The van der Waals surface area contributed by atoms with Gasteiger partial charge in [0, 0.05) is 6.08 Å². The molecule has 1 heterocycles. The average Bonchev–Trinajstić information content (AvgIpc) is 2.66. The number of anilines is 1. The molecule has 0 aliphatic carbocycles. The van der Waals surface area contributed by atoms with Gasteiger partial charge in [-0.1, -0.05) is 60.1 Å². The van der Waals surface area contributed by atoms with E-state index in [-0.39, 0.29) is 5.91 Å². The summed E-state index contributed by atoms with van der Waals surface area (Å²) >= 11 is 5.80. The van der Waals surface area contributed by atoms with E-state index in [0.717, 1.165) is 16.9 Å².